The van der Waals surface area contributed by atoms with Crippen molar-refractivity contribution < 1.29 is 14.0 Å². The molecule has 0 saturated carbocycles. The molecular weight excluding hydrogens is 569 g/mol. The van der Waals surface area contributed by atoms with Gasteiger partial charge in [0.25, 0.3) is 5.56 Å². The molecule has 0 spiro atoms. The molecule has 8 nitrogen and oxygen atoms in total. The quantitative estimate of drug-likeness (QED) is 0.280. The van der Waals surface area contributed by atoms with Crippen molar-refractivity contribution in [2.24, 2.45) is 5.92 Å². The van der Waals surface area contributed by atoms with Crippen molar-refractivity contribution in [2.75, 3.05) is 13.1 Å². The van der Waals surface area contributed by atoms with E-state index < -0.39 is 11.7 Å². The Bertz CT molecular complexity index is 1930. The molecule has 1 aliphatic heterocycles. The van der Waals surface area contributed by atoms with Gasteiger partial charge in [-0.05, 0) is 78.6 Å². The Kier molecular flexibility index (Phi) is 7.05. The van der Waals surface area contributed by atoms with E-state index in [1.165, 1.54) is 6.07 Å². The molecule has 0 radical (unpaired) electrons. The zero-order valence-corrected chi connectivity index (χ0v) is 24.0. The van der Waals surface area contributed by atoms with Crippen LogP contribution in [0.4, 0.5) is 4.39 Å². The first-order chi connectivity index (χ1) is 20.9. The summed E-state index contributed by atoms with van der Waals surface area (Å²) in [5.41, 5.74) is 4.08. The predicted molar refractivity (Wildman–Crippen MR) is 162 cm³/mol. The number of rotatable bonds is 5. The van der Waals surface area contributed by atoms with Crippen LogP contribution in [0.5, 0.6) is 0 Å². The summed E-state index contributed by atoms with van der Waals surface area (Å²) in [6.45, 7) is 0.944. The van der Waals surface area contributed by atoms with Gasteiger partial charge in [-0.3, -0.25) is 24.5 Å². The first-order valence-corrected chi connectivity index (χ1v) is 14.9. The van der Waals surface area contributed by atoms with E-state index in [4.69, 9.17) is 11.6 Å². The highest BCUT2D eigenvalue weighted by atomic mass is 35.5. The third-order valence-corrected chi connectivity index (χ3v) is 9.46. The molecule has 5 aromatic rings. The molecule has 10 heteroatoms. The molecule has 2 aliphatic rings. The monoisotopic (exact) mass is 597 g/mol. The van der Waals surface area contributed by atoms with E-state index in [9.17, 15) is 18.8 Å². The van der Waals surface area contributed by atoms with Crippen molar-refractivity contribution >= 4 is 45.1 Å². The number of carbonyl (C=O) groups is 2. The lowest BCUT2D eigenvalue weighted by Crippen LogP contribution is -2.41. The van der Waals surface area contributed by atoms with Crippen LogP contribution in [-0.2, 0) is 22.4 Å². The maximum atomic E-state index is 14.2. The van der Waals surface area contributed by atoms with Crippen LogP contribution in [0.15, 0.2) is 65.8 Å². The van der Waals surface area contributed by atoms with Crippen molar-refractivity contribution in [3.05, 3.63) is 105 Å². The summed E-state index contributed by atoms with van der Waals surface area (Å²) in [5, 5.41) is 9.17. The standard InChI is InChI=1S/C33H29ClFN5O3/c34-27-15-24-23(26-17-37-39-31(26)27)14-21(12-18-4-8-36-9-5-18)32(42)25(24)16-29(41)40-10-6-19(7-11-40)22-13-20-2-1-3-28(35)30(20)38-33(22)43/h1-5,8-9,13,15,17,19,21,25H,6-7,10-12,14,16H2,(H,37,39)(H,38,43). The van der Waals surface area contributed by atoms with E-state index >= 15 is 0 Å². The zero-order valence-electron chi connectivity index (χ0n) is 23.3. The molecule has 4 heterocycles. The molecule has 1 amide bonds. The number of ketones is 1. The van der Waals surface area contributed by atoms with E-state index in [-0.39, 0.29) is 41.0 Å². The average Bonchev–Trinajstić information content (AvgIpc) is 3.52. The Morgan fingerprint density at radius 1 is 1.05 bits per heavy atom. The van der Waals surface area contributed by atoms with Crippen LogP contribution in [0.2, 0.25) is 5.02 Å². The predicted octanol–water partition coefficient (Wildman–Crippen LogP) is 5.46. The van der Waals surface area contributed by atoms with Gasteiger partial charge in [0, 0.05) is 54.2 Å². The van der Waals surface area contributed by atoms with Gasteiger partial charge in [0.05, 0.1) is 28.2 Å². The van der Waals surface area contributed by atoms with Crippen molar-refractivity contribution in [3.8, 4) is 0 Å². The number of hydrogen-bond acceptors (Lipinski definition) is 5. The number of halogens is 2. The third kappa shape index (κ3) is 5.01. The van der Waals surface area contributed by atoms with Crippen molar-refractivity contribution in [3.63, 3.8) is 0 Å². The molecule has 7 rings (SSSR count). The number of nitrogens with zero attached hydrogens (tertiary/aromatic N) is 3. The number of piperidine rings is 1. The number of amides is 1. The summed E-state index contributed by atoms with van der Waals surface area (Å²) in [4.78, 5) is 49.1. The van der Waals surface area contributed by atoms with Crippen LogP contribution in [0.25, 0.3) is 21.8 Å². The molecule has 3 aromatic heterocycles. The molecule has 1 saturated heterocycles. The number of para-hydroxylation sites is 1. The average molecular weight is 598 g/mol. The van der Waals surface area contributed by atoms with Crippen LogP contribution < -0.4 is 5.56 Å². The highest BCUT2D eigenvalue weighted by Gasteiger charge is 2.39. The van der Waals surface area contributed by atoms with Gasteiger partial charge in [-0.2, -0.15) is 5.10 Å². The Labute approximate surface area is 251 Å². The second-order valence-corrected chi connectivity index (χ2v) is 12.0. The number of likely N-dealkylation sites (tertiary alicyclic amines) is 1. The zero-order chi connectivity index (χ0) is 29.7. The van der Waals surface area contributed by atoms with Gasteiger partial charge >= 0.3 is 0 Å². The van der Waals surface area contributed by atoms with E-state index in [0.717, 1.165) is 27.6 Å². The fourth-order valence-electron chi connectivity index (χ4n) is 6.92. The molecule has 2 N–H and O–H groups in total. The number of Topliss-reactive ketones (excluding diaryl/α,β-unsaturated/α-hetero) is 1. The van der Waals surface area contributed by atoms with Crippen LogP contribution >= 0.6 is 11.6 Å². The Hall–Kier alpha value is -4.37. The number of H-pyrrole nitrogens is 2. The lowest BCUT2D eigenvalue weighted by molar-refractivity contribution is -0.136. The molecule has 1 aliphatic carbocycles. The fourth-order valence-corrected chi connectivity index (χ4v) is 7.18. The smallest absolute Gasteiger partial charge is 0.251 e. The summed E-state index contributed by atoms with van der Waals surface area (Å²) in [6.07, 6.45) is 7.56. The van der Waals surface area contributed by atoms with Crippen LogP contribution in [-0.4, -0.2) is 49.8 Å². The normalized spacial score (nSPS) is 19.2. The SMILES string of the molecule is O=C1C(Cc2ccncc2)Cc2c(cc(Cl)c3[nH]ncc23)C1CC(=O)N1CCC(c2cc3cccc(F)c3[nH]c2=O)CC1. The maximum absolute atomic E-state index is 14.2. The minimum absolute atomic E-state index is 0.0430. The third-order valence-electron chi connectivity index (χ3n) is 9.16. The van der Waals surface area contributed by atoms with Gasteiger partial charge in [0.2, 0.25) is 5.91 Å². The Morgan fingerprint density at radius 3 is 2.63 bits per heavy atom. The van der Waals surface area contributed by atoms with E-state index in [0.29, 0.717) is 54.7 Å². The number of hydrogen-bond donors (Lipinski definition) is 2. The number of benzene rings is 2. The second-order valence-electron chi connectivity index (χ2n) is 11.6. The van der Waals surface area contributed by atoms with Crippen LogP contribution in [0, 0.1) is 11.7 Å². The second kappa shape index (κ2) is 11.0. The van der Waals surface area contributed by atoms with Gasteiger partial charge in [-0.15, -0.1) is 0 Å². The number of fused-ring (bicyclic) bond motifs is 4. The van der Waals surface area contributed by atoms with Gasteiger partial charge in [-0.1, -0.05) is 23.7 Å². The number of pyridine rings is 2. The Morgan fingerprint density at radius 2 is 1.84 bits per heavy atom. The van der Waals surface area contributed by atoms with Crippen LogP contribution in [0.3, 0.4) is 0 Å². The molecule has 2 aromatic carbocycles. The molecule has 218 valence electrons. The van der Waals surface area contributed by atoms with E-state index in [1.807, 2.05) is 18.2 Å². The lowest BCUT2D eigenvalue weighted by atomic mass is 9.71. The molecule has 0 bridgehead atoms. The maximum Gasteiger partial charge on any atom is 0.251 e. The fraction of sp³-hybridized carbons (Fsp3) is 0.303. The highest BCUT2D eigenvalue weighted by Crippen LogP contribution is 2.42. The van der Waals surface area contributed by atoms with Crippen molar-refractivity contribution in [2.45, 2.75) is 43.9 Å². The molecule has 2 unspecified atom stereocenters. The summed E-state index contributed by atoms with van der Waals surface area (Å²) < 4.78 is 14.2. The van der Waals surface area contributed by atoms with Crippen LogP contribution in [0.1, 0.15) is 53.4 Å². The van der Waals surface area contributed by atoms with Gasteiger partial charge in [0.1, 0.15) is 11.6 Å². The van der Waals surface area contributed by atoms with E-state index in [2.05, 4.69) is 20.2 Å². The number of aromatic nitrogens is 4. The number of carbonyl (C=O) groups excluding carboxylic acids is 2. The molecule has 43 heavy (non-hydrogen) atoms. The minimum atomic E-state index is -0.615. The Balaban J connectivity index is 1.12. The largest absolute Gasteiger partial charge is 0.343 e. The summed E-state index contributed by atoms with van der Waals surface area (Å²) in [5.74, 6) is -1.46. The van der Waals surface area contributed by atoms with Gasteiger partial charge < -0.3 is 9.88 Å². The molecular formula is C33H29ClFN5O3. The topological polar surface area (TPSA) is 112 Å². The number of nitrogens with one attached hydrogen (secondary N) is 2. The van der Waals surface area contributed by atoms with Crippen molar-refractivity contribution in [1.29, 1.82) is 0 Å². The van der Waals surface area contributed by atoms with Gasteiger partial charge in [0.15, 0.2) is 0 Å². The first-order valence-electron chi connectivity index (χ1n) is 14.5. The molecule has 1 fully saturated rings. The van der Waals surface area contributed by atoms with Gasteiger partial charge in [-0.25, -0.2) is 4.39 Å². The lowest BCUT2D eigenvalue weighted by Gasteiger charge is -2.35. The first kappa shape index (κ1) is 27.5. The number of aromatic amines is 2. The highest BCUT2D eigenvalue weighted by molar-refractivity contribution is 6.35. The summed E-state index contributed by atoms with van der Waals surface area (Å²) in [6, 6.07) is 12.1. The van der Waals surface area contributed by atoms with Crippen molar-refractivity contribution in [1.82, 2.24) is 25.1 Å². The van der Waals surface area contributed by atoms with E-state index in [1.54, 1.807) is 41.7 Å². The summed E-state index contributed by atoms with van der Waals surface area (Å²) >= 11 is 6.60. The summed E-state index contributed by atoms with van der Waals surface area (Å²) in [7, 11) is 0. The molecule has 2 atom stereocenters. The minimum Gasteiger partial charge on any atom is -0.343 e.